The van der Waals surface area contributed by atoms with Crippen molar-refractivity contribution in [2.75, 3.05) is 24.2 Å². The van der Waals surface area contributed by atoms with Gasteiger partial charge < -0.3 is 4.90 Å². The van der Waals surface area contributed by atoms with Crippen LogP contribution in [0.5, 0.6) is 0 Å². The molecule has 0 aliphatic heterocycles. The Labute approximate surface area is 160 Å². The molecule has 0 spiro atoms. The lowest BCUT2D eigenvalue weighted by Crippen LogP contribution is -2.35. The molecule has 0 saturated heterocycles. The second kappa shape index (κ2) is 8.56. The minimum atomic E-state index is -3.51. The van der Waals surface area contributed by atoms with Crippen LogP contribution >= 0.6 is 11.6 Å². The number of sulfonamides is 1. The molecule has 2 aromatic rings. The van der Waals surface area contributed by atoms with Gasteiger partial charge in [0.25, 0.3) is 0 Å². The van der Waals surface area contributed by atoms with E-state index in [2.05, 4.69) is 0 Å². The fraction of sp³-hybridized carbons (Fsp3) is 0.316. The van der Waals surface area contributed by atoms with E-state index in [0.717, 1.165) is 17.4 Å². The van der Waals surface area contributed by atoms with Crippen molar-refractivity contribution in [1.29, 1.82) is 0 Å². The summed E-state index contributed by atoms with van der Waals surface area (Å²) in [5, 5.41) is 0.540. The Bertz CT molecular complexity index is 870. The molecule has 0 aromatic heterocycles. The number of carbonyl (C=O) groups is 1. The molecule has 140 valence electrons. The Balaban J connectivity index is 2.08. The average Bonchev–Trinajstić information content (AvgIpc) is 2.56. The Morgan fingerprint density at radius 1 is 1.12 bits per heavy atom. The Kier molecular flexibility index (Phi) is 6.67. The monoisotopic (exact) mass is 394 g/mol. The molecule has 5 nitrogen and oxygen atoms in total. The molecule has 0 aliphatic rings. The molecule has 0 bridgehead atoms. The molecule has 0 unspecified atom stereocenters. The maximum Gasteiger partial charge on any atom is 0.232 e. The highest BCUT2D eigenvalue weighted by atomic mass is 35.5. The first-order valence-corrected chi connectivity index (χ1v) is 10.4. The van der Waals surface area contributed by atoms with Crippen LogP contribution in [0.15, 0.2) is 48.5 Å². The molecular formula is C19H23ClN2O3S. The number of halogens is 1. The van der Waals surface area contributed by atoms with Crippen LogP contribution in [0.4, 0.5) is 5.69 Å². The van der Waals surface area contributed by atoms with E-state index in [0.29, 0.717) is 17.3 Å². The third kappa shape index (κ3) is 5.47. The molecule has 0 saturated carbocycles. The van der Waals surface area contributed by atoms with E-state index in [-0.39, 0.29) is 18.9 Å². The van der Waals surface area contributed by atoms with Gasteiger partial charge in [-0.1, -0.05) is 41.9 Å². The van der Waals surface area contributed by atoms with Crippen LogP contribution in [0.2, 0.25) is 5.02 Å². The van der Waals surface area contributed by atoms with E-state index in [9.17, 15) is 13.2 Å². The van der Waals surface area contributed by atoms with E-state index in [1.54, 1.807) is 37.1 Å². The molecule has 26 heavy (non-hydrogen) atoms. The summed E-state index contributed by atoms with van der Waals surface area (Å²) >= 11 is 5.95. The smallest absolute Gasteiger partial charge is 0.232 e. The maximum atomic E-state index is 12.4. The second-order valence-electron chi connectivity index (χ2n) is 6.25. The Morgan fingerprint density at radius 3 is 2.35 bits per heavy atom. The summed E-state index contributed by atoms with van der Waals surface area (Å²) in [6.45, 7) is 2.36. The van der Waals surface area contributed by atoms with Crippen LogP contribution in [0.25, 0.3) is 0 Å². The van der Waals surface area contributed by atoms with Gasteiger partial charge in [-0.25, -0.2) is 8.42 Å². The lowest BCUT2D eigenvalue weighted by atomic mass is 10.2. The quantitative estimate of drug-likeness (QED) is 0.722. The molecule has 2 rings (SSSR count). The van der Waals surface area contributed by atoms with Gasteiger partial charge in [0.05, 0.1) is 11.9 Å². The van der Waals surface area contributed by atoms with E-state index in [4.69, 9.17) is 11.6 Å². The zero-order chi connectivity index (χ0) is 19.3. The van der Waals surface area contributed by atoms with Gasteiger partial charge in [-0.2, -0.15) is 0 Å². The van der Waals surface area contributed by atoms with Crippen molar-refractivity contribution in [3.63, 3.8) is 0 Å². The SMILES string of the molecule is Cc1cc(Cl)ccc1N(CCC(=O)N(C)Cc1ccccc1)S(C)(=O)=O. The normalized spacial score (nSPS) is 11.2. The summed E-state index contributed by atoms with van der Waals surface area (Å²) in [6, 6.07) is 14.7. The van der Waals surface area contributed by atoms with Crippen LogP contribution < -0.4 is 4.31 Å². The molecule has 7 heteroatoms. The third-order valence-corrected chi connectivity index (χ3v) is 5.46. The summed E-state index contributed by atoms with van der Waals surface area (Å²) in [5.41, 5.74) is 2.31. The summed E-state index contributed by atoms with van der Waals surface area (Å²) in [4.78, 5) is 14.0. The summed E-state index contributed by atoms with van der Waals surface area (Å²) in [5.74, 6) is -0.117. The first-order valence-electron chi connectivity index (χ1n) is 8.20. The number of benzene rings is 2. The van der Waals surface area contributed by atoms with Gasteiger partial charge in [0.1, 0.15) is 0 Å². The Morgan fingerprint density at radius 2 is 1.77 bits per heavy atom. The predicted octanol–water partition coefficient (Wildman–Crippen LogP) is 3.46. The highest BCUT2D eigenvalue weighted by Gasteiger charge is 2.21. The zero-order valence-corrected chi connectivity index (χ0v) is 16.7. The van der Waals surface area contributed by atoms with E-state index in [1.165, 1.54) is 4.31 Å². The largest absolute Gasteiger partial charge is 0.341 e. The standard InChI is InChI=1S/C19H23ClN2O3S/c1-15-13-17(20)9-10-18(15)22(26(3,24)25)12-11-19(23)21(2)14-16-7-5-4-6-8-16/h4-10,13H,11-12,14H2,1-3H3. The molecule has 0 atom stereocenters. The molecule has 0 radical (unpaired) electrons. The number of nitrogens with zero attached hydrogens (tertiary/aromatic N) is 2. The average molecular weight is 395 g/mol. The second-order valence-corrected chi connectivity index (χ2v) is 8.59. The predicted molar refractivity (Wildman–Crippen MR) is 106 cm³/mol. The van der Waals surface area contributed by atoms with Crippen LogP contribution in [0.1, 0.15) is 17.5 Å². The van der Waals surface area contributed by atoms with Gasteiger partial charge in [-0.05, 0) is 36.2 Å². The third-order valence-electron chi connectivity index (χ3n) is 4.04. The van der Waals surface area contributed by atoms with Crippen LogP contribution in [-0.2, 0) is 21.4 Å². The van der Waals surface area contributed by atoms with Gasteiger partial charge in [0, 0.05) is 31.6 Å². The van der Waals surface area contributed by atoms with Crippen molar-refractivity contribution in [2.45, 2.75) is 19.9 Å². The van der Waals surface area contributed by atoms with E-state index in [1.807, 2.05) is 30.3 Å². The number of rotatable bonds is 7. The lowest BCUT2D eigenvalue weighted by molar-refractivity contribution is -0.130. The minimum absolute atomic E-state index is 0.0826. The van der Waals surface area contributed by atoms with Crippen LogP contribution in [0.3, 0.4) is 0 Å². The molecule has 0 aliphatic carbocycles. The maximum absolute atomic E-state index is 12.4. The van der Waals surface area contributed by atoms with E-state index >= 15 is 0 Å². The number of carbonyl (C=O) groups excluding carboxylic acids is 1. The van der Waals surface area contributed by atoms with Crippen LogP contribution in [-0.4, -0.2) is 39.1 Å². The molecule has 0 heterocycles. The summed E-state index contributed by atoms with van der Waals surface area (Å²) < 4.78 is 25.7. The van der Waals surface area contributed by atoms with E-state index < -0.39 is 10.0 Å². The van der Waals surface area contributed by atoms with Crippen molar-refractivity contribution >= 4 is 33.2 Å². The number of hydrogen-bond donors (Lipinski definition) is 0. The van der Waals surface area contributed by atoms with Gasteiger partial charge >= 0.3 is 0 Å². The molecule has 1 amide bonds. The van der Waals surface area contributed by atoms with Gasteiger partial charge in [0.2, 0.25) is 15.9 Å². The topological polar surface area (TPSA) is 57.7 Å². The van der Waals surface area contributed by atoms with Crippen LogP contribution in [0, 0.1) is 6.92 Å². The number of aryl methyl sites for hydroxylation is 1. The molecule has 0 N–H and O–H groups in total. The fourth-order valence-electron chi connectivity index (χ4n) is 2.70. The highest BCUT2D eigenvalue weighted by molar-refractivity contribution is 7.92. The molecule has 2 aromatic carbocycles. The van der Waals surface area contributed by atoms with Gasteiger partial charge in [-0.15, -0.1) is 0 Å². The Hall–Kier alpha value is -2.05. The summed E-state index contributed by atoms with van der Waals surface area (Å²) in [7, 11) is -1.80. The highest BCUT2D eigenvalue weighted by Crippen LogP contribution is 2.25. The first-order chi connectivity index (χ1) is 12.2. The number of amides is 1. The molecular weight excluding hydrogens is 372 g/mol. The van der Waals surface area contributed by atoms with Crippen molar-refractivity contribution in [1.82, 2.24) is 4.90 Å². The van der Waals surface area contributed by atoms with Gasteiger partial charge in [0.15, 0.2) is 0 Å². The van der Waals surface area contributed by atoms with Crippen molar-refractivity contribution < 1.29 is 13.2 Å². The minimum Gasteiger partial charge on any atom is -0.341 e. The first kappa shape index (κ1) is 20.3. The van der Waals surface area contributed by atoms with Crippen molar-refractivity contribution in [2.24, 2.45) is 0 Å². The van der Waals surface area contributed by atoms with Crippen molar-refractivity contribution in [3.05, 3.63) is 64.7 Å². The number of hydrogen-bond acceptors (Lipinski definition) is 3. The summed E-state index contributed by atoms with van der Waals surface area (Å²) in [6.07, 6.45) is 1.23. The fourth-order valence-corrected chi connectivity index (χ4v) is 3.91. The van der Waals surface area contributed by atoms with Gasteiger partial charge in [-0.3, -0.25) is 9.10 Å². The lowest BCUT2D eigenvalue weighted by Gasteiger charge is -2.25. The number of anilines is 1. The van der Waals surface area contributed by atoms with Crippen molar-refractivity contribution in [3.8, 4) is 0 Å². The zero-order valence-electron chi connectivity index (χ0n) is 15.1. The molecule has 0 fully saturated rings.